The number of fused-ring (bicyclic) bond motifs is 1. The van der Waals surface area contributed by atoms with Crippen molar-refractivity contribution >= 4 is 11.0 Å². The highest BCUT2D eigenvalue weighted by Crippen LogP contribution is 2.20. The molecule has 0 saturated heterocycles. The van der Waals surface area contributed by atoms with Gasteiger partial charge >= 0.3 is 0 Å². The van der Waals surface area contributed by atoms with Crippen molar-refractivity contribution < 1.29 is 14.2 Å². The molecule has 0 aliphatic heterocycles. The molecule has 0 radical (unpaired) electrons. The van der Waals surface area contributed by atoms with Crippen molar-refractivity contribution in [2.45, 2.75) is 26.5 Å². The van der Waals surface area contributed by atoms with E-state index in [1.165, 1.54) is 12.1 Å². The number of ether oxygens (including phenoxy) is 1. The summed E-state index contributed by atoms with van der Waals surface area (Å²) in [5.41, 5.74) is 4.35. The van der Waals surface area contributed by atoms with Gasteiger partial charge in [0.25, 0.3) is 0 Å². The SMILES string of the molecule is Cc1cc2ncn(CC(O)COc3ccc(C#N)cc3F)c2cc1C. The van der Waals surface area contributed by atoms with Crippen LogP contribution in [-0.2, 0) is 6.54 Å². The van der Waals surface area contributed by atoms with Crippen molar-refractivity contribution in [3.8, 4) is 11.8 Å². The Bertz CT molecular complexity index is 959. The van der Waals surface area contributed by atoms with Crippen LogP contribution in [0.25, 0.3) is 11.0 Å². The molecule has 2 aromatic carbocycles. The molecule has 0 aliphatic rings. The Morgan fingerprint density at radius 3 is 2.76 bits per heavy atom. The molecule has 1 unspecified atom stereocenters. The number of hydrogen-bond donors (Lipinski definition) is 1. The Kier molecular flexibility index (Phi) is 4.68. The maximum absolute atomic E-state index is 13.8. The van der Waals surface area contributed by atoms with Gasteiger partial charge in [0.2, 0.25) is 0 Å². The summed E-state index contributed by atoms with van der Waals surface area (Å²) in [6.07, 6.45) is 0.851. The van der Waals surface area contributed by atoms with Gasteiger partial charge in [-0.15, -0.1) is 0 Å². The number of aromatic nitrogens is 2. The van der Waals surface area contributed by atoms with Gasteiger partial charge in [-0.1, -0.05) is 0 Å². The van der Waals surface area contributed by atoms with Crippen molar-refractivity contribution in [3.05, 3.63) is 59.2 Å². The molecule has 0 amide bonds. The van der Waals surface area contributed by atoms with Gasteiger partial charge in [0.15, 0.2) is 11.6 Å². The van der Waals surface area contributed by atoms with Crippen molar-refractivity contribution in [1.29, 1.82) is 5.26 Å². The van der Waals surface area contributed by atoms with Crippen LogP contribution in [0, 0.1) is 31.0 Å². The highest BCUT2D eigenvalue weighted by Gasteiger charge is 2.12. The van der Waals surface area contributed by atoms with Crippen LogP contribution in [0.15, 0.2) is 36.7 Å². The van der Waals surface area contributed by atoms with E-state index >= 15 is 0 Å². The molecule has 0 saturated carbocycles. The lowest BCUT2D eigenvalue weighted by atomic mass is 10.1. The number of aryl methyl sites for hydroxylation is 2. The molecule has 25 heavy (non-hydrogen) atoms. The van der Waals surface area contributed by atoms with Gasteiger partial charge in [0.05, 0.1) is 35.5 Å². The number of benzene rings is 2. The maximum atomic E-state index is 13.8. The van der Waals surface area contributed by atoms with E-state index in [2.05, 4.69) is 4.98 Å². The zero-order valence-electron chi connectivity index (χ0n) is 14.0. The van der Waals surface area contributed by atoms with E-state index < -0.39 is 11.9 Å². The van der Waals surface area contributed by atoms with E-state index in [4.69, 9.17) is 10.00 Å². The predicted molar refractivity (Wildman–Crippen MR) is 91.8 cm³/mol. The molecular formula is C19H18FN3O2. The molecule has 3 aromatic rings. The number of aliphatic hydroxyl groups is 1. The molecule has 1 N–H and O–H groups in total. The quantitative estimate of drug-likeness (QED) is 0.775. The fourth-order valence-corrected chi connectivity index (χ4v) is 2.61. The molecule has 0 spiro atoms. The van der Waals surface area contributed by atoms with Crippen LogP contribution in [0.1, 0.15) is 16.7 Å². The van der Waals surface area contributed by atoms with Gasteiger partial charge < -0.3 is 14.4 Å². The number of nitriles is 1. The summed E-state index contributed by atoms with van der Waals surface area (Å²) in [4.78, 5) is 4.35. The molecule has 0 fully saturated rings. The molecule has 0 bridgehead atoms. The van der Waals surface area contributed by atoms with Crippen LogP contribution < -0.4 is 4.74 Å². The Morgan fingerprint density at radius 2 is 2.04 bits per heavy atom. The van der Waals surface area contributed by atoms with E-state index in [-0.39, 0.29) is 24.5 Å². The first-order valence-electron chi connectivity index (χ1n) is 7.90. The van der Waals surface area contributed by atoms with Gasteiger partial charge in [-0.2, -0.15) is 5.26 Å². The average Bonchev–Trinajstić information content (AvgIpc) is 2.96. The fraction of sp³-hybridized carbons (Fsp3) is 0.263. The first kappa shape index (κ1) is 16.9. The molecule has 3 rings (SSSR count). The zero-order valence-corrected chi connectivity index (χ0v) is 14.0. The van der Waals surface area contributed by atoms with Gasteiger partial charge in [0, 0.05) is 0 Å². The fourth-order valence-electron chi connectivity index (χ4n) is 2.61. The van der Waals surface area contributed by atoms with Gasteiger partial charge in [-0.3, -0.25) is 0 Å². The number of nitrogens with zero attached hydrogens (tertiary/aromatic N) is 3. The molecule has 5 nitrogen and oxygen atoms in total. The highest BCUT2D eigenvalue weighted by atomic mass is 19.1. The van der Waals surface area contributed by atoms with Gasteiger partial charge in [-0.25, -0.2) is 9.37 Å². The van der Waals surface area contributed by atoms with Gasteiger partial charge in [0.1, 0.15) is 12.7 Å². The van der Waals surface area contributed by atoms with Crippen LogP contribution >= 0.6 is 0 Å². The van der Waals surface area contributed by atoms with Crippen molar-refractivity contribution in [2.24, 2.45) is 0 Å². The van der Waals surface area contributed by atoms with Crippen molar-refractivity contribution in [2.75, 3.05) is 6.61 Å². The third-order valence-electron chi connectivity index (χ3n) is 4.14. The number of rotatable bonds is 5. The monoisotopic (exact) mass is 339 g/mol. The molecule has 1 aromatic heterocycles. The molecule has 1 heterocycles. The molecular weight excluding hydrogens is 321 g/mol. The second-order valence-corrected chi connectivity index (χ2v) is 6.04. The van der Waals surface area contributed by atoms with E-state index in [9.17, 15) is 9.50 Å². The van der Waals surface area contributed by atoms with E-state index in [1.807, 2.05) is 36.6 Å². The van der Waals surface area contributed by atoms with Crippen LogP contribution in [0.4, 0.5) is 4.39 Å². The highest BCUT2D eigenvalue weighted by molar-refractivity contribution is 5.77. The Balaban J connectivity index is 1.68. The topological polar surface area (TPSA) is 71.1 Å². The lowest BCUT2D eigenvalue weighted by molar-refractivity contribution is 0.0914. The summed E-state index contributed by atoms with van der Waals surface area (Å²) in [6.45, 7) is 4.28. The molecule has 128 valence electrons. The third kappa shape index (κ3) is 3.62. The summed E-state index contributed by atoms with van der Waals surface area (Å²) >= 11 is 0. The van der Waals surface area contributed by atoms with Crippen LogP contribution in [-0.4, -0.2) is 27.4 Å². The summed E-state index contributed by atoms with van der Waals surface area (Å²) in [7, 11) is 0. The van der Waals surface area contributed by atoms with Crippen LogP contribution in [0.5, 0.6) is 5.75 Å². The number of hydrogen-bond acceptors (Lipinski definition) is 4. The first-order chi connectivity index (χ1) is 12.0. The normalized spacial score (nSPS) is 12.1. The number of aliphatic hydroxyl groups excluding tert-OH is 1. The predicted octanol–water partition coefficient (Wildman–Crippen LogP) is 3.10. The second kappa shape index (κ2) is 6.91. The van der Waals surface area contributed by atoms with Crippen molar-refractivity contribution in [1.82, 2.24) is 9.55 Å². The Labute approximate surface area is 144 Å². The zero-order chi connectivity index (χ0) is 18.0. The third-order valence-corrected chi connectivity index (χ3v) is 4.14. The molecule has 1 atom stereocenters. The minimum atomic E-state index is -0.825. The summed E-state index contributed by atoms with van der Waals surface area (Å²) in [5, 5.41) is 18.9. The van der Waals surface area contributed by atoms with Crippen LogP contribution in [0.3, 0.4) is 0 Å². The van der Waals surface area contributed by atoms with E-state index in [0.717, 1.165) is 28.2 Å². The average molecular weight is 339 g/mol. The second-order valence-electron chi connectivity index (χ2n) is 6.04. The molecule has 0 aliphatic carbocycles. The van der Waals surface area contributed by atoms with E-state index in [1.54, 1.807) is 6.33 Å². The summed E-state index contributed by atoms with van der Waals surface area (Å²) in [6, 6.07) is 9.87. The van der Waals surface area contributed by atoms with Gasteiger partial charge in [-0.05, 0) is 55.3 Å². The summed E-state index contributed by atoms with van der Waals surface area (Å²) in [5.74, 6) is -0.606. The number of halogens is 1. The number of imidazole rings is 1. The van der Waals surface area contributed by atoms with E-state index in [0.29, 0.717) is 0 Å². The minimum absolute atomic E-state index is 0.0139. The van der Waals surface area contributed by atoms with Crippen molar-refractivity contribution in [3.63, 3.8) is 0 Å². The molecule has 6 heteroatoms. The summed E-state index contributed by atoms with van der Waals surface area (Å²) < 4.78 is 21.0. The van der Waals surface area contributed by atoms with Crippen LogP contribution in [0.2, 0.25) is 0 Å². The Hall–Kier alpha value is -2.91. The lowest BCUT2D eigenvalue weighted by Crippen LogP contribution is -2.23. The maximum Gasteiger partial charge on any atom is 0.166 e. The first-order valence-corrected chi connectivity index (χ1v) is 7.90. The smallest absolute Gasteiger partial charge is 0.166 e. The Morgan fingerprint density at radius 1 is 1.28 bits per heavy atom. The lowest BCUT2D eigenvalue weighted by Gasteiger charge is -2.14. The largest absolute Gasteiger partial charge is 0.488 e. The minimum Gasteiger partial charge on any atom is -0.488 e. The standard InChI is InChI=1S/C19H18FN3O2/c1-12-5-17-18(6-13(12)2)23(11-22-17)9-15(24)10-25-19-4-3-14(8-21)7-16(19)20/h3-7,11,15,24H,9-10H2,1-2H3.